The Morgan fingerprint density at radius 2 is 1.96 bits per heavy atom. The number of nitrogens with zero attached hydrogens (tertiary/aromatic N) is 1. The molecule has 0 saturated carbocycles. The minimum Gasteiger partial charge on any atom is -0.484 e. The summed E-state index contributed by atoms with van der Waals surface area (Å²) in [6.45, 7) is 3.72. The first-order valence-corrected chi connectivity index (χ1v) is 9.49. The number of aliphatic hydroxyl groups excluding tert-OH is 1. The number of β-amino-alcohol motifs (C(OH)–C–C–N with tert-alkyl or cyclic N) is 1. The van der Waals surface area contributed by atoms with Crippen LogP contribution >= 0.6 is 0 Å². The highest BCUT2D eigenvalue weighted by molar-refractivity contribution is 5.94. The largest absolute Gasteiger partial charge is 0.484 e. The second-order valence-corrected chi connectivity index (χ2v) is 7.08. The lowest BCUT2D eigenvalue weighted by Gasteiger charge is -2.30. The van der Waals surface area contributed by atoms with Crippen LogP contribution in [0.3, 0.4) is 0 Å². The molecular weight excluding hydrogens is 356 g/mol. The zero-order chi connectivity index (χ0) is 19.9. The molecule has 0 fully saturated rings. The van der Waals surface area contributed by atoms with E-state index in [9.17, 15) is 14.7 Å². The summed E-state index contributed by atoms with van der Waals surface area (Å²) >= 11 is 0. The second kappa shape index (κ2) is 9.48. The number of ether oxygens (including phenoxy) is 1. The van der Waals surface area contributed by atoms with Gasteiger partial charge < -0.3 is 15.2 Å². The molecule has 0 aromatic heterocycles. The van der Waals surface area contributed by atoms with Crippen LogP contribution in [0.4, 0.5) is 0 Å². The van der Waals surface area contributed by atoms with Gasteiger partial charge in [-0.3, -0.25) is 14.5 Å². The van der Waals surface area contributed by atoms with E-state index < -0.39 is 6.10 Å². The lowest BCUT2D eigenvalue weighted by Crippen LogP contribution is -2.42. The average Bonchev–Trinajstić information content (AvgIpc) is 2.71. The Balaban J connectivity index is 1.39. The molecule has 0 bridgehead atoms. The summed E-state index contributed by atoms with van der Waals surface area (Å²) in [6.07, 6.45) is 0.331. The van der Waals surface area contributed by atoms with Gasteiger partial charge >= 0.3 is 0 Å². The third-order valence-electron chi connectivity index (χ3n) is 4.82. The van der Waals surface area contributed by atoms with Crippen molar-refractivity contribution in [1.29, 1.82) is 0 Å². The van der Waals surface area contributed by atoms with Crippen molar-refractivity contribution in [3.63, 3.8) is 0 Å². The number of benzene rings is 2. The van der Waals surface area contributed by atoms with Crippen molar-refractivity contribution in [2.75, 3.05) is 26.2 Å². The summed E-state index contributed by atoms with van der Waals surface area (Å²) in [5, 5.41) is 12.9. The number of hydrogen-bond acceptors (Lipinski definition) is 5. The van der Waals surface area contributed by atoms with E-state index in [1.165, 1.54) is 18.1 Å². The van der Waals surface area contributed by atoms with Gasteiger partial charge in [0.25, 0.3) is 5.91 Å². The molecule has 2 aromatic carbocycles. The van der Waals surface area contributed by atoms with Crippen LogP contribution in [0.1, 0.15) is 28.4 Å². The molecule has 1 heterocycles. The molecule has 6 nitrogen and oxygen atoms in total. The van der Waals surface area contributed by atoms with Gasteiger partial charge in [-0.15, -0.1) is 0 Å². The topological polar surface area (TPSA) is 78.9 Å². The Morgan fingerprint density at radius 1 is 1.18 bits per heavy atom. The second-order valence-electron chi connectivity index (χ2n) is 7.08. The first-order valence-electron chi connectivity index (χ1n) is 9.49. The number of Topliss-reactive ketones (excluding diaryl/α,β-unsaturated/α-hetero) is 1. The number of hydrogen-bond donors (Lipinski definition) is 2. The Morgan fingerprint density at radius 3 is 2.75 bits per heavy atom. The molecule has 148 valence electrons. The van der Waals surface area contributed by atoms with Gasteiger partial charge in [-0.05, 0) is 36.6 Å². The van der Waals surface area contributed by atoms with Crippen LogP contribution in [0.5, 0.6) is 5.75 Å². The van der Waals surface area contributed by atoms with Crippen LogP contribution in [0.2, 0.25) is 0 Å². The van der Waals surface area contributed by atoms with E-state index in [1.54, 1.807) is 24.3 Å². The molecule has 1 amide bonds. The SMILES string of the molecule is CC(=O)c1cccc(OCC(=O)NCC(O)CN2CCc3ccccc3C2)c1. The highest BCUT2D eigenvalue weighted by atomic mass is 16.5. The molecule has 0 radical (unpaired) electrons. The first-order chi connectivity index (χ1) is 13.5. The van der Waals surface area contributed by atoms with Crippen molar-refractivity contribution in [3.05, 3.63) is 65.2 Å². The fraction of sp³-hybridized carbons (Fsp3) is 0.364. The summed E-state index contributed by atoms with van der Waals surface area (Å²) < 4.78 is 5.42. The predicted molar refractivity (Wildman–Crippen MR) is 106 cm³/mol. The zero-order valence-electron chi connectivity index (χ0n) is 16.1. The number of amides is 1. The van der Waals surface area contributed by atoms with Crippen molar-refractivity contribution in [2.24, 2.45) is 0 Å². The maximum atomic E-state index is 12.0. The molecule has 2 N–H and O–H groups in total. The van der Waals surface area contributed by atoms with Gasteiger partial charge in [0, 0.05) is 31.7 Å². The third kappa shape index (κ3) is 5.65. The van der Waals surface area contributed by atoms with Crippen molar-refractivity contribution >= 4 is 11.7 Å². The van der Waals surface area contributed by atoms with E-state index in [-0.39, 0.29) is 24.8 Å². The molecule has 1 unspecified atom stereocenters. The molecule has 0 saturated heterocycles. The number of fused-ring (bicyclic) bond motifs is 1. The maximum Gasteiger partial charge on any atom is 0.258 e. The Hall–Kier alpha value is -2.70. The number of aliphatic hydroxyl groups is 1. The van der Waals surface area contributed by atoms with Crippen LogP contribution in [0.15, 0.2) is 48.5 Å². The molecule has 3 rings (SSSR count). The maximum absolute atomic E-state index is 12.0. The van der Waals surface area contributed by atoms with Crippen LogP contribution in [0.25, 0.3) is 0 Å². The van der Waals surface area contributed by atoms with Crippen LogP contribution < -0.4 is 10.1 Å². The van der Waals surface area contributed by atoms with E-state index in [2.05, 4.69) is 28.4 Å². The summed E-state index contributed by atoms with van der Waals surface area (Å²) in [5.41, 5.74) is 3.20. The van der Waals surface area contributed by atoms with Crippen LogP contribution in [-0.4, -0.2) is 54.0 Å². The predicted octanol–water partition coefficient (Wildman–Crippen LogP) is 1.80. The average molecular weight is 382 g/mol. The molecule has 1 aliphatic heterocycles. The van der Waals surface area contributed by atoms with Gasteiger partial charge in [-0.2, -0.15) is 0 Å². The molecule has 0 spiro atoms. The highest BCUT2D eigenvalue weighted by Crippen LogP contribution is 2.18. The normalized spacial score (nSPS) is 14.8. The summed E-state index contributed by atoms with van der Waals surface area (Å²) in [6, 6.07) is 15.1. The first kappa shape index (κ1) is 20.0. The number of ketones is 1. The lowest BCUT2D eigenvalue weighted by molar-refractivity contribution is -0.123. The zero-order valence-corrected chi connectivity index (χ0v) is 16.1. The molecule has 1 atom stereocenters. The molecule has 1 aliphatic rings. The summed E-state index contributed by atoms with van der Waals surface area (Å²) in [7, 11) is 0. The third-order valence-corrected chi connectivity index (χ3v) is 4.82. The Labute approximate surface area is 165 Å². The van der Waals surface area contributed by atoms with E-state index >= 15 is 0 Å². The van der Waals surface area contributed by atoms with E-state index in [1.807, 2.05) is 6.07 Å². The molecule has 28 heavy (non-hydrogen) atoms. The van der Waals surface area contributed by atoms with Crippen molar-refractivity contribution in [3.8, 4) is 5.75 Å². The molecule has 6 heteroatoms. The van der Waals surface area contributed by atoms with Crippen molar-refractivity contribution < 1.29 is 19.4 Å². The van der Waals surface area contributed by atoms with Gasteiger partial charge in [0.2, 0.25) is 0 Å². The standard InChI is InChI=1S/C22H26N2O4/c1-16(25)18-7-4-8-21(11-18)28-15-22(27)23-12-20(26)14-24-10-9-17-5-2-3-6-19(17)13-24/h2-8,11,20,26H,9-10,12-15H2,1H3,(H,23,27). The summed E-state index contributed by atoms with van der Waals surface area (Å²) in [4.78, 5) is 25.5. The summed E-state index contributed by atoms with van der Waals surface area (Å²) in [5.74, 6) is 0.102. The molecule has 0 aliphatic carbocycles. The Bertz CT molecular complexity index is 837. The van der Waals surface area contributed by atoms with Crippen molar-refractivity contribution in [1.82, 2.24) is 10.2 Å². The fourth-order valence-electron chi connectivity index (χ4n) is 3.31. The van der Waals surface area contributed by atoms with Gasteiger partial charge in [0.05, 0.1) is 6.10 Å². The van der Waals surface area contributed by atoms with Gasteiger partial charge in [0.15, 0.2) is 12.4 Å². The van der Waals surface area contributed by atoms with Crippen molar-refractivity contribution in [2.45, 2.75) is 26.0 Å². The Kier molecular flexibility index (Phi) is 6.79. The number of rotatable bonds is 8. The van der Waals surface area contributed by atoms with E-state index in [0.717, 1.165) is 19.5 Å². The fourth-order valence-corrected chi connectivity index (χ4v) is 3.31. The van der Waals surface area contributed by atoms with Crippen LogP contribution in [0, 0.1) is 0 Å². The van der Waals surface area contributed by atoms with Gasteiger partial charge in [-0.25, -0.2) is 0 Å². The molecular formula is C22H26N2O4. The minimum absolute atomic E-state index is 0.0571. The van der Waals surface area contributed by atoms with Gasteiger partial charge in [-0.1, -0.05) is 36.4 Å². The van der Waals surface area contributed by atoms with E-state index in [0.29, 0.717) is 17.9 Å². The van der Waals surface area contributed by atoms with Crippen LogP contribution in [-0.2, 0) is 17.8 Å². The number of nitrogens with one attached hydrogen (secondary N) is 1. The lowest BCUT2D eigenvalue weighted by atomic mass is 10.00. The molecule has 2 aromatic rings. The minimum atomic E-state index is -0.643. The van der Waals surface area contributed by atoms with E-state index in [4.69, 9.17) is 4.74 Å². The quantitative estimate of drug-likeness (QED) is 0.681. The number of carbonyl (C=O) groups is 2. The highest BCUT2D eigenvalue weighted by Gasteiger charge is 2.18. The van der Waals surface area contributed by atoms with Gasteiger partial charge in [0.1, 0.15) is 5.75 Å². The number of carbonyl (C=O) groups excluding carboxylic acids is 2. The monoisotopic (exact) mass is 382 g/mol. The smallest absolute Gasteiger partial charge is 0.258 e.